The lowest BCUT2D eigenvalue weighted by atomic mass is 10.1. The molecule has 0 heterocycles. The second kappa shape index (κ2) is 4.04. The molecular formula is C9H8FIO2. The van der Waals surface area contributed by atoms with Crippen molar-refractivity contribution >= 4 is 28.6 Å². The Kier molecular flexibility index (Phi) is 3.24. The fourth-order valence-corrected chi connectivity index (χ4v) is 1.46. The first kappa shape index (κ1) is 10.4. The highest BCUT2D eigenvalue weighted by atomic mass is 127. The molecule has 1 aromatic carbocycles. The van der Waals surface area contributed by atoms with Gasteiger partial charge in [0, 0.05) is 3.57 Å². The van der Waals surface area contributed by atoms with E-state index in [2.05, 4.69) is 4.74 Å². The van der Waals surface area contributed by atoms with Gasteiger partial charge in [-0.05, 0) is 47.2 Å². The second-order valence-electron chi connectivity index (χ2n) is 2.52. The third-order valence-electron chi connectivity index (χ3n) is 1.74. The lowest BCUT2D eigenvalue weighted by molar-refractivity contribution is 0.0594. The summed E-state index contributed by atoms with van der Waals surface area (Å²) in [6.07, 6.45) is 0. The van der Waals surface area contributed by atoms with Crippen molar-refractivity contribution in [3.63, 3.8) is 0 Å². The summed E-state index contributed by atoms with van der Waals surface area (Å²) in [5, 5.41) is 0. The first-order chi connectivity index (χ1) is 6.07. The van der Waals surface area contributed by atoms with Crippen LogP contribution in [0.3, 0.4) is 0 Å². The average molecular weight is 294 g/mol. The van der Waals surface area contributed by atoms with Crippen LogP contribution in [-0.4, -0.2) is 13.1 Å². The highest BCUT2D eigenvalue weighted by Crippen LogP contribution is 2.19. The van der Waals surface area contributed by atoms with Gasteiger partial charge in [0.2, 0.25) is 0 Å². The first-order valence-corrected chi connectivity index (χ1v) is 4.68. The molecule has 0 aromatic heterocycles. The van der Waals surface area contributed by atoms with Gasteiger partial charge in [0.15, 0.2) is 0 Å². The second-order valence-corrected chi connectivity index (χ2v) is 3.68. The van der Waals surface area contributed by atoms with Crippen LogP contribution in [0, 0.1) is 16.3 Å². The van der Waals surface area contributed by atoms with Crippen LogP contribution in [0.2, 0.25) is 0 Å². The zero-order valence-corrected chi connectivity index (χ0v) is 9.38. The van der Waals surface area contributed by atoms with Gasteiger partial charge in [-0.25, -0.2) is 9.18 Å². The van der Waals surface area contributed by atoms with Gasteiger partial charge in [0.05, 0.1) is 12.7 Å². The van der Waals surface area contributed by atoms with Crippen molar-refractivity contribution < 1.29 is 13.9 Å². The maximum atomic E-state index is 13.2. The number of esters is 1. The minimum Gasteiger partial charge on any atom is -0.465 e. The van der Waals surface area contributed by atoms with Crippen LogP contribution in [-0.2, 0) is 4.74 Å². The summed E-state index contributed by atoms with van der Waals surface area (Å²) in [4.78, 5) is 11.1. The molecule has 0 radical (unpaired) electrons. The minimum absolute atomic E-state index is 0.0226. The van der Waals surface area contributed by atoms with Crippen molar-refractivity contribution in [2.75, 3.05) is 7.11 Å². The molecule has 0 aliphatic rings. The van der Waals surface area contributed by atoms with Gasteiger partial charge in [-0.1, -0.05) is 0 Å². The van der Waals surface area contributed by atoms with E-state index in [1.165, 1.54) is 13.2 Å². The van der Waals surface area contributed by atoms with Gasteiger partial charge in [-0.3, -0.25) is 0 Å². The standard InChI is InChI=1S/C9H8FIO2/c1-5-7(11)4-3-6(10)8(5)9(12)13-2/h3-4H,1-2H3. The van der Waals surface area contributed by atoms with E-state index < -0.39 is 11.8 Å². The summed E-state index contributed by atoms with van der Waals surface area (Å²) in [6, 6.07) is 2.89. The lowest BCUT2D eigenvalue weighted by Crippen LogP contribution is -2.08. The molecule has 0 N–H and O–H groups in total. The fourth-order valence-electron chi connectivity index (χ4n) is 1.01. The van der Waals surface area contributed by atoms with Crippen molar-refractivity contribution in [1.82, 2.24) is 0 Å². The van der Waals surface area contributed by atoms with Crippen LogP contribution in [0.4, 0.5) is 4.39 Å². The van der Waals surface area contributed by atoms with E-state index in [-0.39, 0.29) is 5.56 Å². The predicted octanol–water partition coefficient (Wildman–Crippen LogP) is 2.53. The van der Waals surface area contributed by atoms with Crippen LogP contribution in [0.25, 0.3) is 0 Å². The van der Waals surface area contributed by atoms with Gasteiger partial charge in [0.1, 0.15) is 5.82 Å². The number of methoxy groups -OCH3 is 1. The van der Waals surface area contributed by atoms with E-state index in [0.29, 0.717) is 5.56 Å². The van der Waals surface area contributed by atoms with Crippen molar-refractivity contribution in [3.05, 3.63) is 32.6 Å². The molecule has 0 amide bonds. The maximum Gasteiger partial charge on any atom is 0.341 e. The summed E-state index contributed by atoms with van der Waals surface area (Å²) in [6.45, 7) is 1.69. The fraction of sp³-hybridized carbons (Fsp3) is 0.222. The normalized spacial score (nSPS) is 9.85. The molecule has 4 heteroatoms. The Morgan fingerprint density at radius 3 is 2.69 bits per heavy atom. The molecule has 13 heavy (non-hydrogen) atoms. The van der Waals surface area contributed by atoms with Crippen molar-refractivity contribution in [2.24, 2.45) is 0 Å². The number of hydrogen-bond acceptors (Lipinski definition) is 2. The maximum absolute atomic E-state index is 13.2. The zero-order chi connectivity index (χ0) is 10.0. The molecule has 70 valence electrons. The molecule has 0 unspecified atom stereocenters. The Hall–Kier alpha value is -0.650. The number of hydrogen-bond donors (Lipinski definition) is 0. The third kappa shape index (κ3) is 1.99. The van der Waals surface area contributed by atoms with Crippen LogP contribution in [0.15, 0.2) is 12.1 Å². The van der Waals surface area contributed by atoms with E-state index in [4.69, 9.17) is 0 Å². The highest BCUT2D eigenvalue weighted by Gasteiger charge is 2.16. The van der Waals surface area contributed by atoms with E-state index >= 15 is 0 Å². The van der Waals surface area contributed by atoms with Crippen molar-refractivity contribution in [2.45, 2.75) is 6.92 Å². The van der Waals surface area contributed by atoms with Crippen molar-refractivity contribution in [1.29, 1.82) is 0 Å². The Morgan fingerprint density at radius 1 is 1.54 bits per heavy atom. The largest absolute Gasteiger partial charge is 0.465 e. The van der Waals surface area contributed by atoms with Gasteiger partial charge < -0.3 is 4.74 Å². The number of benzene rings is 1. The molecule has 0 saturated carbocycles. The quantitative estimate of drug-likeness (QED) is 0.587. The lowest BCUT2D eigenvalue weighted by Gasteiger charge is -2.06. The number of carbonyl (C=O) groups is 1. The summed E-state index contributed by atoms with van der Waals surface area (Å²) in [5.41, 5.74) is 0.641. The third-order valence-corrected chi connectivity index (χ3v) is 2.91. The molecular weight excluding hydrogens is 286 g/mol. The number of halogens is 2. The molecule has 0 spiro atoms. The SMILES string of the molecule is COC(=O)c1c(F)ccc(I)c1C. The predicted molar refractivity (Wildman–Crippen MR) is 55.2 cm³/mol. The van der Waals surface area contributed by atoms with Gasteiger partial charge in [-0.2, -0.15) is 0 Å². The number of carbonyl (C=O) groups excluding carboxylic acids is 1. The molecule has 0 saturated heterocycles. The summed E-state index contributed by atoms with van der Waals surface area (Å²) < 4.78 is 18.5. The Balaban J connectivity index is 3.33. The van der Waals surface area contributed by atoms with Crippen LogP contribution >= 0.6 is 22.6 Å². The molecule has 1 aromatic rings. The van der Waals surface area contributed by atoms with E-state index in [9.17, 15) is 9.18 Å². The molecule has 0 bridgehead atoms. The molecule has 0 aliphatic carbocycles. The van der Waals surface area contributed by atoms with E-state index in [1.807, 2.05) is 22.6 Å². The molecule has 0 atom stereocenters. The molecule has 2 nitrogen and oxygen atoms in total. The van der Waals surface area contributed by atoms with Crippen LogP contribution < -0.4 is 0 Å². The van der Waals surface area contributed by atoms with Crippen molar-refractivity contribution in [3.8, 4) is 0 Å². The molecule has 1 rings (SSSR count). The van der Waals surface area contributed by atoms with Crippen LogP contribution in [0.5, 0.6) is 0 Å². The molecule has 0 aliphatic heterocycles. The Morgan fingerprint density at radius 2 is 2.15 bits per heavy atom. The topological polar surface area (TPSA) is 26.3 Å². The Labute approximate surface area is 89.2 Å². The zero-order valence-electron chi connectivity index (χ0n) is 7.23. The summed E-state index contributed by atoms with van der Waals surface area (Å²) >= 11 is 2.04. The number of rotatable bonds is 1. The summed E-state index contributed by atoms with van der Waals surface area (Å²) in [5.74, 6) is -1.17. The monoisotopic (exact) mass is 294 g/mol. The molecule has 0 fully saturated rings. The van der Waals surface area contributed by atoms with E-state index in [1.54, 1.807) is 13.0 Å². The van der Waals surface area contributed by atoms with E-state index in [0.717, 1.165) is 3.57 Å². The minimum atomic E-state index is -0.631. The average Bonchev–Trinajstić information content (AvgIpc) is 2.12. The smallest absolute Gasteiger partial charge is 0.341 e. The van der Waals surface area contributed by atoms with Gasteiger partial charge in [0.25, 0.3) is 0 Å². The number of ether oxygens (including phenoxy) is 1. The Bertz CT molecular complexity index is 350. The first-order valence-electron chi connectivity index (χ1n) is 3.61. The summed E-state index contributed by atoms with van der Waals surface area (Å²) in [7, 11) is 1.24. The highest BCUT2D eigenvalue weighted by molar-refractivity contribution is 14.1. The van der Waals surface area contributed by atoms with Gasteiger partial charge in [-0.15, -0.1) is 0 Å². The van der Waals surface area contributed by atoms with Crippen LogP contribution in [0.1, 0.15) is 15.9 Å². The van der Waals surface area contributed by atoms with Gasteiger partial charge >= 0.3 is 5.97 Å².